The maximum atomic E-state index is 11.7. The number of carbonyl (C=O) groups is 1. The number of hydrogen-bond acceptors (Lipinski definition) is 3. The minimum absolute atomic E-state index is 0.0784. The third-order valence-corrected chi connectivity index (χ3v) is 3.26. The Morgan fingerprint density at radius 1 is 1.47 bits per heavy atom. The average Bonchev–Trinajstić information content (AvgIpc) is 2.63. The molecule has 0 bridgehead atoms. The quantitative estimate of drug-likeness (QED) is 0.732. The molecule has 1 fully saturated rings. The summed E-state index contributed by atoms with van der Waals surface area (Å²) in [6.07, 6.45) is 1.06. The van der Waals surface area contributed by atoms with Crippen LogP contribution in [0.15, 0.2) is 0 Å². The van der Waals surface area contributed by atoms with Crippen molar-refractivity contribution in [3.05, 3.63) is 0 Å². The Hall–Kier alpha value is -0.610. The molecule has 0 aromatic rings. The molecule has 1 amide bonds. The molecule has 15 heavy (non-hydrogen) atoms. The number of likely N-dealkylation sites (N-methyl/N-ethyl adjacent to an activating group) is 1. The van der Waals surface area contributed by atoms with Crippen LogP contribution >= 0.6 is 0 Å². The number of hydrogen-bond donors (Lipinski definition) is 1. The van der Waals surface area contributed by atoms with Crippen LogP contribution in [0.1, 0.15) is 27.2 Å². The van der Waals surface area contributed by atoms with Gasteiger partial charge in [-0.05, 0) is 34.2 Å². The van der Waals surface area contributed by atoms with Gasteiger partial charge in [-0.15, -0.1) is 0 Å². The van der Waals surface area contributed by atoms with Crippen molar-refractivity contribution in [2.45, 2.75) is 45.3 Å². The molecule has 1 aliphatic rings. The van der Waals surface area contributed by atoms with Crippen molar-refractivity contribution in [3.8, 4) is 0 Å². The van der Waals surface area contributed by atoms with E-state index >= 15 is 0 Å². The minimum atomic E-state index is -0.367. The van der Waals surface area contributed by atoms with E-state index in [2.05, 4.69) is 25.8 Å². The molecular formula is C11H23N3O. The molecule has 0 radical (unpaired) electrons. The van der Waals surface area contributed by atoms with Gasteiger partial charge in [0.2, 0.25) is 5.91 Å². The summed E-state index contributed by atoms with van der Waals surface area (Å²) >= 11 is 0. The zero-order valence-electron chi connectivity index (χ0n) is 10.2. The van der Waals surface area contributed by atoms with E-state index in [1.807, 2.05) is 4.90 Å². The van der Waals surface area contributed by atoms with Crippen LogP contribution < -0.4 is 5.73 Å². The number of likely N-dealkylation sites (tertiary alicyclic amines) is 1. The highest BCUT2D eigenvalue weighted by Gasteiger charge is 2.30. The van der Waals surface area contributed by atoms with Crippen molar-refractivity contribution in [2.75, 3.05) is 20.1 Å². The van der Waals surface area contributed by atoms with Gasteiger partial charge >= 0.3 is 0 Å². The van der Waals surface area contributed by atoms with Gasteiger partial charge < -0.3 is 10.6 Å². The van der Waals surface area contributed by atoms with Gasteiger partial charge in [-0.25, -0.2) is 0 Å². The Balaban J connectivity index is 2.49. The number of amides is 1. The lowest BCUT2D eigenvalue weighted by atomic mass is 10.2. The summed E-state index contributed by atoms with van der Waals surface area (Å²) in [5.74, 6) is 0.0784. The van der Waals surface area contributed by atoms with Crippen LogP contribution in [-0.2, 0) is 4.79 Å². The number of carbonyl (C=O) groups excluding carboxylic acids is 1. The molecule has 1 rings (SSSR count). The van der Waals surface area contributed by atoms with Crippen LogP contribution in [0.4, 0.5) is 0 Å². The first-order valence-electron chi connectivity index (χ1n) is 5.69. The van der Waals surface area contributed by atoms with Crippen molar-refractivity contribution < 1.29 is 4.79 Å². The summed E-state index contributed by atoms with van der Waals surface area (Å²) < 4.78 is 0. The molecule has 0 aromatic heterocycles. The lowest BCUT2D eigenvalue weighted by Crippen LogP contribution is -2.44. The van der Waals surface area contributed by atoms with E-state index in [1.165, 1.54) is 0 Å². The Morgan fingerprint density at radius 3 is 2.53 bits per heavy atom. The van der Waals surface area contributed by atoms with Gasteiger partial charge in [-0.1, -0.05) is 0 Å². The van der Waals surface area contributed by atoms with Crippen LogP contribution in [0, 0.1) is 0 Å². The molecule has 0 aromatic carbocycles. The molecule has 88 valence electrons. The van der Waals surface area contributed by atoms with E-state index in [-0.39, 0.29) is 11.9 Å². The fourth-order valence-electron chi connectivity index (χ4n) is 1.98. The van der Waals surface area contributed by atoms with Gasteiger partial charge in [0, 0.05) is 25.2 Å². The summed E-state index contributed by atoms with van der Waals surface area (Å²) in [6, 6.07) is 0.654. The van der Waals surface area contributed by atoms with Gasteiger partial charge in [-0.2, -0.15) is 0 Å². The molecule has 4 heteroatoms. The van der Waals surface area contributed by atoms with E-state index in [0.29, 0.717) is 12.1 Å². The number of rotatable bonds is 3. The fourth-order valence-corrected chi connectivity index (χ4v) is 1.98. The van der Waals surface area contributed by atoms with Crippen molar-refractivity contribution >= 4 is 5.91 Å². The van der Waals surface area contributed by atoms with Gasteiger partial charge in [-0.3, -0.25) is 9.69 Å². The maximum Gasteiger partial charge on any atom is 0.239 e. The first kappa shape index (κ1) is 12.5. The van der Waals surface area contributed by atoms with Crippen LogP contribution in [-0.4, -0.2) is 54.0 Å². The topological polar surface area (TPSA) is 49.6 Å². The molecule has 0 saturated carbocycles. The molecule has 0 unspecified atom stereocenters. The summed E-state index contributed by atoms with van der Waals surface area (Å²) in [7, 11) is 2.12. The highest BCUT2D eigenvalue weighted by molar-refractivity contribution is 5.81. The Morgan fingerprint density at radius 2 is 2.07 bits per heavy atom. The van der Waals surface area contributed by atoms with Crippen molar-refractivity contribution in [1.29, 1.82) is 0 Å². The lowest BCUT2D eigenvalue weighted by Gasteiger charge is -2.28. The molecule has 1 saturated heterocycles. The van der Waals surface area contributed by atoms with Crippen LogP contribution in [0.3, 0.4) is 0 Å². The SMILES string of the molecule is CC(C)N(C)[C@H]1CCN(C(=O)[C@H](C)N)C1. The monoisotopic (exact) mass is 213 g/mol. The Kier molecular flexibility index (Phi) is 4.11. The van der Waals surface area contributed by atoms with E-state index in [4.69, 9.17) is 5.73 Å². The van der Waals surface area contributed by atoms with E-state index in [1.54, 1.807) is 6.92 Å². The Bertz CT molecular complexity index is 228. The number of nitrogens with zero attached hydrogens (tertiary/aromatic N) is 2. The van der Waals surface area contributed by atoms with Crippen LogP contribution in [0.25, 0.3) is 0 Å². The van der Waals surface area contributed by atoms with Gasteiger partial charge in [0.15, 0.2) is 0 Å². The molecule has 2 N–H and O–H groups in total. The van der Waals surface area contributed by atoms with Crippen molar-refractivity contribution in [3.63, 3.8) is 0 Å². The minimum Gasteiger partial charge on any atom is -0.340 e. The Labute approximate surface area is 92.4 Å². The highest BCUT2D eigenvalue weighted by Crippen LogP contribution is 2.16. The largest absolute Gasteiger partial charge is 0.340 e. The highest BCUT2D eigenvalue weighted by atomic mass is 16.2. The fraction of sp³-hybridized carbons (Fsp3) is 0.909. The molecule has 1 heterocycles. The summed E-state index contributed by atoms with van der Waals surface area (Å²) in [5, 5.41) is 0. The predicted octanol–water partition coefficient (Wildman–Crippen LogP) is 0.275. The molecule has 0 aliphatic carbocycles. The molecule has 1 aliphatic heterocycles. The third-order valence-electron chi connectivity index (χ3n) is 3.26. The first-order valence-corrected chi connectivity index (χ1v) is 5.69. The zero-order valence-corrected chi connectivity index (χ0v) is 10.2. The average molecular weight is 213 g/mol. The van der Waals surface area contributed by atoms with Gasteiger partial charge in [0.05, 0.1) is 6.04 Å². The number of nitrogens with two attached hydrogens (primary N) is 1. The summed E-state index contributed by atoms with van der Waals surface area (Å²) in [4.78, 5) is 15.9. The van der Waals surface area contributed by atoms with E-state index in [9.17, 15) is 4.79 Å². The maximum absolute atomic E-state index is 11.7. The molecule has 2 atom stereocenters. The summed E-state index contributed by atoms with van der Waals surface area (Å²) in [5.41, 5.74) is 5.59. The van der Waals surface area contributed by atoms with Gasteiger partial charge in [0.1, 0.15) is 0 Å². The standard InChI is InChI=1S/C11H23N3O/c1-8(2)13(4)10-5-6-14(7-10)11(15)9(3)12/h8-10H,5-7,12H2,1-4H3/t9-,10-/m0/s1. The lowest BCUT2D eigenvalue weighted by molar-refractivity contribution is -0.131. The van der Waals surface area contributed by atoms with Gasteiger partial charge in [0.25, 0.3) is 0 Å². The first-order chi connectivity index (χ1) is 6.93. The van der Waals surface area contributed by atoms with Crippen molar-refractivity contribution in [1.82, 2.24) is 9.80 Å². The van der Waals surface area contributed by atoms with Crippen molar-refractivity contribution in [2.24, 2.45) is 5.73 Å². The molecular weight excluding hydrogens is 190 g/mol. The van der Waals surface area contributed by atoms with E-state index in [0.717, 1.165) is 19.5 Å². The predicted molar refractivity (Wildman–Crippen MR) is 61.5 cm³/mol. The smallest absolute Gasteiger partial charge is 0.239 e. The second-order valence-electron chi connectivity index (χ2n) is 4.77. The zero-order chi connectivity index (χ0) is 11.6. The van der Waals surface area contributed by atoms with E-state index < -0.39 is 0 Å². The van der Waals surface area contributed by atoms with Crippen LogP contribution in [0.2, 0.25) is 0 Å². The molecule has 0 spiro atoms. The normalized spacial score (nSPS) is 23.9. The van der Waals surface area contributed by atoms with Crippen LogP contribution in [0.5, 0.6) is 0 Å². The second-order valence-corrected chi connectivity index (χ2v) is 4.77. The molecule has 4 nitrogen and oxygen atoms in total. The summed E-state index contributed by atoms with van der Waals surface area (Å²) in [6.45, 7) is 7.78. The second kappa shape index (κ2) is 4.94. The third kappa shape index (κ3) is 2.92.